The summed E-state index contributed by atoms with van der Waals surface area (Å²) in [5.41, 5.74) is 6.84. The maximum Gasteiger partial charge on any atom is 0.319 e. The molecule has 9 heteroatoms. The first-order valence-electron chi connectivity index (χ1n) is 10.2. The van der Waals surface area contributed by atoms with E-state index in [2.05, 4.69) is 49.1 Å². The van der Waals surface area contributed by atoms with Gasteiger partial charge in [-0.1, -0.05) is 11.2 Å². The Bertz CT molecular complexity index is 1400. The largest absolute Gasteiger partial charge is 0.403 e. The zero-order valence-corrected chi connectivity index (χ0v) is 17.1. The van der Waals surface area contributed by atoms with E-state index in [4.69, 9.17) is 9.52 Å². The van der Waals surface area contributed by atoms with Gasteiger partial charge in [0.1, 0.15) is 6.04 Å². The van der Waals surface area contributed by atoms with Crippen LogP contribution in [0, 0.1) is 13.8 Å². The summed E-state index contributed by atoms with van der Waals surface area (Å²) in [6, 6.07) is 10.2. The SMILES string of the molecule is Cc1ncccc1-c1nnc(N2CCc3[nH]cnc3[C@H]2c2cc3c(C)cccn3n2)o1. The summed E-state index contributed by atoms with van der Waals surface area (Å²) in [7, 11) is 0. The Hall–Kier alpha value is -4.01. The van der Waals surface area contributed by atoms with Crippen LogP contribution < -0.4 is 4.90 Å². The van der Waals surface area contributed by atoms with Crippen LogP contribution >= 0.6 is 0 Å². The molecule has 0 unspecified atom stereocenters. The molecule has 0 aromatic carbocycles. The molecule has 0 aliphatic carbocycles. The van der Waals surface area contributed by atoms with E-state index in [1.807, 2.05) is 35.8 Å². The summed E-state index contributed by atoms with van der Waals surface area (Å²) in [6.07, 6.45) is 6.25. The van der Waals surface area contributed by atoms with Crippen molar-refractivity contribution >= 4 is 11.5 Å². The van der Waals surface area contributed by atoms with Gasteiger partial charge in [-0.25, -0.2) is 9.50 Å². The van der Waals surface area contributed by atoms with Crippen molar-refractivity contribution in [1.29, 1.82) is 0 Å². The average Bonchev–Trinajstić information content (AvgIpc) is 3.52. The number of fused-ring (bicyclic) bond motifs is 2. The molecule has 9 nitrogen and oxygen atoms in total. The molecule has 0 spiro atoms. The van der Waals surface area contributed by atoms with E-state index in [0.717, 1.165) is 45.8 Å². The Morgan fingerprint density at radius 2 is 2.06 bits per heavy atom. The normalized spacial score (nSPS) is 16.1. The van der Waals surface area contributed by atoms with E-state index in [1.165, 1.54) is 0 Å². The molecule has 5 aromatic heterocycles. The minimum atomic E-state index is -0.224. The van der Waals surface area contributed by atoms with Crippen molar-refractivity contribution in [2.24, 2.45) is 0 Å². The van der Waals surface area contributed by atoms with Gasteiger partial charge in [0.25, 0.3) is 5.89 Å². The van der Waals surface area contributed by atoms with Gasteiger partial charge in [-0.3, -0.25) is 4.98 Å². The molecule has 0 saturated carbocycles. The maximum absolute atomic E-state index is 6.12. The highest BCUT2D eigenvalue weighted by molar-refractivity contribution is 5.58. The zero-order valence-electron chi connectivity index (χ0n) is 17.1. The molecule has 154 valence electrons. The Balaban J connectivity index is 1.46. The molecule has 1 atom stereocenters. The molecular weight excluding hydrogens is 392 g/mol. The number of anilines is 1. The van der Waals surface area contributed by atoms with Crippen LogP contribution in [0.25, 0.3) is 17.0 Å². The van der Waals surface area contributed by atoms with Gasteiger partial charge in [0.15, 0.2) is 0 Å². The number of aryl methyl sites for hydroxylation is 2. The van der Waals surface area contributed by atoms with E-state index in [9.17, 15) is 0 Å². The fourth-order valence-electron chi connectivity index (χ4n) is 4.24. The van der Waals surface area contributed by atoms with Gasteiger partial charge in [-0.15, -0.1) is 5.10 Å². The second kappa shape index (κ2) is 6.76. The Morgan fingerprint density at radius 3 is 2.94 bits per heavy atom. The smallest absolute Gasteiger partial charge is 0.319 e. The number of rotatable bonds is 3. The molecule has 0 saturated heterocycles. The van der Waals surface area contributed by atoms with Crippen LogP contribution in [-0.4, -0.2) is 41.3 Å². The molecule has 0 bridgehead atoms. The van der Waals surface area contributed by atoms with Crippen molar-refractivity contribution in [3.63, 3.8) is 0 Å². The van der Waals surface area contributed by atoms with Gasteiger partial charge in [0.05, 0.1) is 28.8 Å². The van der Waals surface area contributed by atoms with Crippen molar-refractivity contribution in [3.8, 4) is 11.5 Å². The van der Waals surface area contributed by atoms with Crippen molar-refractivity contribution in [2.45, 2.75) is 26.3 Å². The summed E-state index contributed by atoms with van der Waals surface area (Å²) in [6.45, 7) is 4.72. The standard InChI is InChI=1S/C22H20N8O/c1-13-5-4-9-30-18(13)11-17(28-30)20-19-16(24-12-25-19)7-10-29(20)22-27-26-21(31-22)15-6-3-8-23-14(15)2/h3-6,8-9,11-12,20H,7,10H2,1-2H3,(H,24,25)/t20-/m1/s1. The lowest BCUT2D eigenvalue weighted by molar-refractivity contribution is 0.503. The molecule has 6 rings (SSSR count). The maximum atomic E-state index is 6.12. The predicted molar refractivity (Wildman–Crippen MR) is 114 cm³/mol. The lowest BCUT2D eigenvalue weighted by Gasteiger charge is -2.32. The number of nitrogens with one attached hydrogen (secondary N) is 1. The van der Waals surface area contributed by atoms with Crippen LogP contribution in [-0.2, 0) is 6.42 Å². The molecule has 0 amide bonds. The Kier molecular flexibility index (Phi) is 3.89. The second-order valence-electron chi connectivity index (χ2n) is 7.73. The number of aromatic amines is 1. The molecule has 31 heavy (non-hydrogen) atoms. The third-order valence-electron chi connectivity index (χ3n) is 5.83. The molecule has 1 N–H and O–H groups in total. The number of nitrogens with zero attached hydrogens (tertiary/aromatic N) is 7. The first-order valence-corrected chi connectivity index (χ1v) is 10.2. The number of pyridine rings is 2. The fraction of sp³-hybridized carbons (Fsp3) is 0.227. The molecule has 1 aliphatic heterocycles. The summed E-state index contributed by atoms with van der Waals surface area (Å²) in [4.78, 5) is 14.3. The summed E-state index contributed by atoms with van der Waals surface area (Å²) in [5.74, 6) is 0.457. The van der Waals surface area contributed by atoms with Crippen molar-refractivity contribution in [3.05, 3.63) is 77.4 Å². The van der Waals surface area contributed by atoms with Gasteiger partial charge in [0, 0.05) is 36.7 Å². The van der Waals surface area contributed by atoms with E-state index < -0.39 is 0 Å². The van der Waals surface area contributed by atoms with Gasteiger partial charge < -0.3 is 14.3 Å². The third-order valence-corrected chi connectivity index (χ3v) is 5.83. The lowest BCUT2D eigenvalue weighted by Crippen LogP contribution is -2.36. The van der Waals surface area contributed by atoms with Crippen molar-refractivity contribution in [2.75, 3.05) is 11.4 Å². The Labute approximate surface area is 177 Å². The molecule has 0 fully saturated rings. The van der Waals surface area contributed by atoms with Crippen molar-refractivity contribution < 1.29 is 4.42 Å². The molecule has 6 heterocycles. The van der Waals surface area contributed by atoms with Crippen LogP contribution in [0.3, 0.4) is 0 Å². The first-order chi connectivity index (χ1) is 15.2. The van der Waals surface area contributed by atoms with E-state index >= 15 is 0 Å². The first kappa shape index (κ1) is 17.8. The van der Waals surface area contributed by atoms with Crippen molar-refractivity contribution in [1.82, 2.24) is 34.8 Å². The highest BCUT2D eigenvalue weighted by atomic mass is 16.4. The molecule has 1 aliphatic rings. The zero-order chi connectivity index (χ0) is 20.9. The molecule has 0 radical (unpaired) electrons. The minimum Gasteiger partial charge on any atom is -0.403 e. The number of H-pyrrole nitrogens is 1. The summed E-state index contributed by atoms with van der Waals surface area (Å²) in [5, 5.41) is 13.5. The monoisotopic (exact) mass is 412 g/mol. The molecule has 5 aromatic rings. The predicted octanol–water partition coefficient (Wildman–Crippen LogP) is 3.27. The average molecular weight is 412 g/mol. The number of imidazole rings is 1. The van der Waals surface area contributed by atoms with Gasteiger partial charge in [0.2, 0.25) is 0 Å². The summed E-state index contributed by atoms with van der Waals surface area (Å²) < 4.78 is 8.03. The minimum absolute atomic E-state index is 0.224. The van der Waals surface area contributed by atoms with Crippen LogP contribution in [0.2, 0.25) is 0 Å². The quantitative estimate of drug-likeness (QED) is 0.485. The van der Waals surface area contributed by atoms with Crippen LogP contribution in [0.15, 0.2) is 53.5 Å². The number of hydrogen-bond donors (Lipinski definition) is 1. The van der Waals surface area contributed by atoms with Gasteiger partial charge in [-0.05, 0) is 43.7 Å². The van der Waals surface area contributed by atoms with E-state index in [0.29, 0.717) is 18.5 Å². The summed E-state index contributed by atoms with van der Waals surface area (Å²) >= 11 is 0. The van der Waals surface area contributed by atoms with Crippen LogP contribution in [0.4, 0.5) is 6.01 Å². The third kappa shape index (κ3) is 2.81. The second-order valence-corrected chi connectivity index (χ2v) is 7.73. The Morgan fingerprint density at radius 1 is 1.13 bits per heavy atom. The van der Waals surface area contributed by atoms with E-state index in [1.54, 1.807) is 12.5 Å². The fourth-order valence-corrected chi connectivity index (χ4v) is 4.24. The highest BCUT2D eigenvalue weighted by Crippen LogP contribution is 2.37. The van der Waals surface area contributed by atoms with Crippen LogP contribution in [0.5, 0.6) is 0 Å². The van der Waals surface area contributed by atoms with Gasteiger partial charge in [-0.2, -0.15) is 5.10 Å². The number of hydrogen-bond acceptors (Lipinski definition) is 7. The van der Waals surface area contributed by atoms with Gasteiger partial charge >= 0.3 is 6.01 Å². The lowest BCUT2D eigenvalue weighted by atomic mass is 10.00. The topological polar surface area (TPSA) is 101 Å². The van der Waals surface area contributed by atoms with Crippen LogP contribution in [0.1, 0.15) is 34.4 Å². The molecular formula is C22H20N8O. The highest BCUT2D eigenvalue weighted by Gasteiger charge is 2.36. The van der Waals surface area contributed by atoms with E-state index in [-0.39, 0.29) is 6.04 Å². The number of aromatic nitrogens is 7.